The van der Waals surface area contributed by atoms with Gasteiger partial charge in [0, 0.05) is 35.3 Å². The van der Waals surface area contributed by atoms with Crippen LogP contribution in [0.5, 0.6) is 0 Å². The highest BCUT2D eigenvalue weighted by atomic mass is 35.5. The van der Waals surface area contributed by atoms with Crippen LogP contribution in [0.2, 0.25) is 10.0 Å². The van der Waals surface area contributed by atoms with E-state index in [0.717, 1.165) is 0 Å². The first-order valence-electron chi connectivity index (χ1n) is 5.53. The van der Waals surface area contributed by atoms with Crippen LogP contribution in [0.4, 0.5) is 0 Å². The number of hydrogen-bond donors (Lipinski definition) is 0. The summed E-state index contributed by atoms with van der Waals surface area (Å²) in [6, 6.07) is 3.15. The highest BCUT2D eigenvalue weighted by molar-refractivity contribution is 6.35. The molecule has 0 aliphatic heterocycles. The zero-order chi connectivity index (χ0) is 13.9. The Labute approximate surface area is 115 Å². The van der Waals surface area contributed by atoms with Gasteiger partial charge in [-0.15, -0.1) is 0 Å². The maximum Gasteiger partial charge on any atom is 0.0946 e. The van der Waals surface area contributed by atoms with E-state index in [1.54, 1.807) is 35.4 Å². The van der Waals surface area contributed by atoms with Gasteiger partial charge in [-0.05, 0) is 23.2 Å². The second-order valence-electron chi connectivity index (χ2n) is 3.50. The normalized spacial score (nSPS) is 14.4. The van der Waals surface area contributed by atoms with Crippen molar-refractivity contribution in [1.82, 2.24) is 9.55 Å². The first kappa shape index (κ1) is 11.4. The molecule has 1 aromatic carbocycles. The fourth-order valence-electron chi connectivity index (χ4n) is 1.50. The Morgan fingerprint density at radius 3 is 3.00 bits per heavy atom. The van der Waals surface area contributed by atoms with Gasteiger partial charge in [-0.25, -0.2) is 4.98 Å². The van der Waals surface area contributed by atoms with Crippen molar-refractivity contribution in [3.05, 3.63) is 63.0 Å². The SMILES string of the molecule is [2H]C(Cn1ccnc1)(N=[N+]=[N-])c1ccc(Cl)cc1Cl. The molecule has 1 unspecified atom stereocenters. The lowest BCUT2D eigenvalue weighted by atomic mass is 10.1. The predicted molar refractivity (Wildman–Crippen MR) is 70.6 cm³/mol. The first-order chi connectivity index (χ1) is 9.05. The standard InChI is InChI=1S/C11H9Cl2N5/c12-8-1-2-9(10(13)5-8)11(16-17-14)6-18-4-3-15-7-18/h1-5,7,11H,6H2/i11D. The van der Waals surface area contributed by atoms with E-state index >= 15 is 0 Å². The molecule has 0 radical (unpaired) electrons. The summed E-state index contributed by atoms with van der Waals surface area (Å²) in [7, 11) is 0. The summed E-state index contributed by atoms with van der Waals surface area (Å²) in [5.41, 5.74) is 9.08. The molecule has 7 heteroatoms. The van der Waals surface area contributed by atoms with Crippen molar-refractivity contribution >= 4 is 23.2 Å². The van der Waals surface area contributed by atoms with Crippen molar-refractivity contribution < 1.29 is 1.37 Å². The minimum atomic E-state index is -1.56. The molecule has 5 nitrogen and oxygen atoms in total. The zero-order valence-corrected chi connectivity index (χ0v) is 10.7. The summed E-state index contributed by atoms with van der Waals surface area (Å²) >= 11 is 11.9. The third kappa shape index (κ3) is 2.96. The van der Waals surface area contributed by atoms with E-state index in [4.69, 9.17) is 30.1 Å². The van der Waals surface area contributed by atoms with Crippen molar-refractivity contribution in [3.63, 3.8) is 0 Å². The maximum atomic E-state index is 8.68. The van der Waals surface area contributed by atoms with E-state index < -0.39 is 6.02 Å². The first-order valence-corrected chi connectivity index (χ1v) is 5.78. The number of benzene rings is 1. The van der Waals surface area contributed by atoms with E-state index in [-0.39, 0.29) is 11.6 Å². The molecule has 0 saturated carbocycles. The van der Waals surface area contributed by atoms with Gasteiger partial charge in [0.05, 0.1) is 12.3 Å². The molecule has 0 aliphatic carbocycles. The molecule has 1 atom stereocenters. The molecule has 0 bridgehead atoms. The van der Waals surface area contributed by atoms with E-state index in [1.807, 2.05) is 0 Å². The van der Waals surface area contributed by atoms with Crippen LogP contribution >= 0.6 is 23.2 Å². The number of nitrogens with zero attached hydrogens (tertiary/aromatic N) is 5. The van der Waals surface area contributed by atoms with Crippen LogP contribution in [0.25, 0.3) is 10.4 Å². The van der Waals surface area contributed by atoms with Crippen molar-refractivity contribution in [3.8, 4) is 0 Å². The lowest BCUT2D eigenvalue weighted by Crippen LogP contribution is -2.05. The van der Waals surface area contributed by atoms with Crippen LogP contribution in [0, 0.1) is 0 Å². The Morgan fingerprint density at radius 2 is 2.39 bits per heavy atom. The Bertz CT molecular complexity index is 624. The molecule has 2 aromatic rings. The number of azide groups is 1. The molecule has 0 N–H and O–H groups in total. The van der Waals surface area contributed by atoms with Gasteiger partial charge in [-0.2, -0.15) is 0 Å². The number of imidazole rings is 1. The summed E-state index contributed by atoms with van der Waals surface area (Å²) in [6.45, 7) is 0.110. The summed E-state index contributed by atoms with van der Waals surface area (Å²) in [4.78, 5) is 6.63. The van der Waals surface area contributed by atoms with E-state index in [9.17, 15) is 0 Å². The number of halogens is 2. The van der Waals surface area contributed by atoms with Gasteiger partial charge in [0.15, 0.2) is 0 Å². The summed E-state index contributed by atoms with van der Waals surface area (Å²) in [5, 5.41) is 4.31. The number of rotatable bonds is 4. The van der Waals surface area contributed by atoms with Crippen LogP contribution < -0.4 is 0 Å². The predicted octanol–water partition coefficient (Wildman–Crippen LogP) is 4.24. The molecule has 0 fully saturated rings. The van der Waals surface area contributed by atoms with Crippen LogP contribution in [0.1, 0.15) is 13.0 Å². The monoisotopic (exact) mass is 282 g/mol. The Hall–Kier alpha value is -1.68. The molecule has 0 amide bonds. The third-order valence-corrected chi connectivity index (χ3v) is 2.85. The van der Waals surface area contributed by atoms with Crippen LogP contribution in [0.15, 0.2) is 42.0 Å². The highest BCUT2D eigenvalue weighted by Gasteiger charge is 2.14. The molecule has 92 valence electrons. The zero-order valence-electron chi connectivity index (χ0n) is 10.2. The number of aromatic nitrogens is 2. The van der Waals surface area contributed by atoms with E-state index in [2.05, 4.69) is 15.0 Å². The lowest BCUT2D eigenvalue weighted by Gasteiger charge is -2.14. The van der Waals surface area contributed by atoms with Crippen LogP contribution in [-0.2, 0) is 6.54 Å². The molecular weight excluding hydrogens is 273 g/mol. The lowest BCUT2D eigenvalue weighted by molar-refractivity contribution is 0.574. The fraction of sp³-hybridized carbons (Fsp3) is 0.182. The smallest absolute Gasteiger partial charge is 0.0946 e. The quantitative estimate of drug-likeness (QED) is 0.470. The van der Waals surface area contributed by atoms with Crippen molar-refractivity contribution in [1.29, 1.82) is 0 Å². The fourth-order valence-corrected chi connectivity index (χ4v) is 2.02. The molecule has 0 spiro atoms. The topological polar surface area (TPSA) is 66.6 Å². The van der Waals surface area contributed by atoms with Gasteiger partial charge >= 0.3 is 0 Å². The van der Waals surface area contributed by atoms with Gasteiger partial charge < -0.3 is 4.57 Å². The van der Waals surface area contributed by atoms with E-state index in [1.165, 1.54) is 6.07 Å². The Balaban J connectivity index is 2.46. The Kier molecular flexibility index (Phi) is 3.66. The van der Waals surface area contributed by atoms with Gasteiger partial charge in [-0.1, -0.05) is 34.4 Å². The minimum Gasteiger partial charge on any atom is -0.337 e. The molecule has 0 aliphatic rings. The molecule has 1 aromatic heterocycles. The van der Waals surface area contributed by atoms with Gasteiger partial charge in [0.1, 0.15) is 0 Å². The van der Waals surface area contributed by atoms with Crippen LogP contribution in [-0.4, -0.2) is 9.55 Å². The third-order valence-electron chi connectivity index (χ3n) is 2.30. The van der Waals surface area contributed by atoms with Gasteiger partial charge in [0.25, 0.3) is 0 Å². The Morgan fingerprint density at radius 1 is 1.56 bits per heavy atom. The molecule has 1 heterocycles. The summed E-state index contributed by atoms with van der Waals surface area (Å²) in [6.07, 6.45) is 4.81. The molecule has 2 rings (SSSR count). The second kappa shape index (κ2) is 5.78. The molecule has 18 heavy (non-hydrogen) atoms. The maximum absolute atomic E-state index is 8.68. The van der Waals surface area contributed by atoms with E-state index in [0.29, 0.717) is 10.6 Å². The molecular formula is C11H9Cl2N5. The van der Waals surface area contributed by atoms with Gasteiger partial charge in [0.2, 0.25) is 0 Å². The van der Waals surface area contributed by atoms with Crippen LogP contribution in [0.3, 0.4) is 0 Å². The highest BCUT2D eigenvalue weighted by Crippen LogP contribution is 2.29. The average molecular weight is 283 g/mol. The second-order valence-corrected chi connectivity index (χ2v) is 4.34. The summed E-state index contributed by atoms with van der Waals surface area (Å²) < 4.78 is 10.00. The van der Waals surface area contributed by atoms with Crippen molar-refractivity contribution in [2.45, 2.75) is 12.6 Å². The summed E-state index contributed by atoms with van der Waals surface area (Å²) in [5.74, 6) is 0. The largest absolute Gasteiger partial charge is 0.337 e. The van der Waals surface area contributed by atoms with Crippen molar-refractivity contribution in [2.24, 2.45) is 5.11 Å². The average Bonchev–Trinajstić information content (AvgIpc) is 2.81. The van der Waals surface area contributed by atoms with Crippen molar-refractivity contribution in [2.75, 3.05) is 0 Å². The molecule has 0 saturated heterocycles. The van der Waals surface area contributed by atoms with Gasteiger partial charge in [-0.3, -0.25) is 0 Å². The minimum absolute atomic E-state index is 0.110. The number of hydrogen-bond acceptors (Lipinski definition) is 2.